The average Bonchev–Trinajstić information content (AvgIpc) is 2.42. The number of halogens is 1. The van der Waals surface area contributed by atoms with E-state index in [-0.39, 0.29) is 27.8 Å². The van der Waals surface area contributed by atoms with Crippen molar-refractivity contribution in [2.75, 3.05) is 0 Å². The highest BCUT2D eigenvalue weighted by Crippen LogP contribution is 2.34. The summed E-state index contributed by atoms with van der Waals surface area (Å²) < 4.78 is 5.54. The highest BCUT2D eigenvalue weighted by atomic mass is 35.5. The predicted octanol–water partition coefficient (Wildman–Crippen LogP) is 4.05. The summed E-state index contributed by atoms with van der Waals surface area (Å²) in [5.41, 5.74) is 0.328. The molecule has 1 N–H and O–H groups in total. The summed E-state index contributed by atoms with van der Waals surface area (Å²) in [4.78, 5) is 21.2. The average molecular weight is 308 g/mol. The molecule has 0 fully saturated rings. The summed E-state index contributed by atoms with van der Waals surface area (Å²) >= 11 is 5.96. The van der Waals surface area contributed by atoms with Crippen molar-refractivity contribution in [1.82, 2.24) is 0 Å². The molecule has 2 rings (SSSR count). The predicted molar refractivity (Wildman–Crippen MR) is 76.3 cm³/mol. The van der Waals surface area contributed by atoms with Crippen molar-refractivity contribution in [1.29, 1.82) is 0 Å². The van der Waals surface area contributed by atoms with E-state index in [0.717, 1.165) is 0 Å². The monoisotopic (exact) mass is 307 g/mol. The number of carboxylic acid groups (broad SMARTS) is 1. The zero-order chi connectivity index (χ0) is 15.6. The summed E-state index contributed by atoms with van der Waals surface area (Å²) in [5, 5.41) is 19.8. The maximum absolute atomic E-state index is 10.9. The summed E-state index contributed by atoms with van der Waals surface area (Å²) in [7, 11) is 0. The van der Waals surface area contributed by atoms with E-state index in [1.54, 1.807) is 13.0 Å². The molecule has 7 heteroatoms. The standard InChI is InChI=1S/C14H10ClNO5/c1-8-11(16(19)20)3-2-4-12(8)21-13-6-5-9(14(17)18)7-10(13)15/h2-7H,1H3,(H,17,18). The molecule has 0 aromatic heterocycles. The van der Waals surface area contributed by atoms with E-state index >= 15 is 0 Å². The Kier molecular flexibility index (Phi) is 4.09. The molecule has 0 atom stereocenters. The van der Waals surface area contributed by atoms with Gasteiger partial charge in [0.05, 0.1) is 21.1 Å². The van der Waals surface area contributed by atoms with Crippen LogP contribution in [0.5, 0.6) is 11.5 Å². The molecule has 0 aliphatic heterocycles. The molecule has 0 unspecified atom stereocenters. The molecule has 0 aliphatic rings. The van der Waals surface area contributed by atoms with Crippen LogP contribution in [-0.4, -0.2) is 16.0 Å². The first-order chi connectivity index (χ1) is 9.90. The number of nitro groups is 1. The van der Waals surface area contributed by atoms with Gasteiger partial charge in [-0.1, -0.05) is 17.7 Å². The normalized spacial score (nSPS) is 10.2. The summed E-state index contributed by atoms with van der Waals surface area (Å²) in [6.07, 6.45) is 0. The fourth-order valence-electron chi connectivity index (χ4n) is 1.75. The first-order valence-corrected chi connectivity index (χ1v) is 6.22. The number of ether oxygens (including phenoxy) is 1. The number of carbonyl (C=O) groups is 1. The quantitative estimate of drug-likeness (QED) is 0.680. The summed E-state index contributed by atoms with van der Waals surface area (Å²) in [6, 6.07) is 8.45. The fourth-order valence-corrected chi connectivity index (χ4v) is 1.97. The third kappa shape index (κ3) is 3.11. The van der Waals surface area contributed by atoms with Crippen LogP contribution in [-0.2, 0) is 0 Å². The van der Waals surface area contributed by atoms with Gasteiger partial charge >= 0.3 is 5.97 Å². The first-order valence-electron chi connectivity index (χ1n) is 5.85. The number of carboxylic acids is 1. The van der Waals surface area contributed by atoms with Crippen LogP contribution in [0.2, 0.25) is 5.02 Å². The van der Waals surface area contributed by atoms with E-state index in [1.807, 2.05) is 0 Å². The van der Waals surface area contributed by atoms with E-state index in [0.29, 0.717) is 5.56 Å². The van der Waals surface area contributed by atoms with Crippen LogP contribution in [0.4, 0.5) is 5.69 Å². The van der Waals surface area contributed by atoms with Gasteiger partial charge in [0.1, 0.15) is 11.5 Å². The molecule has 6 nitrogen and oxygen atoms in total. The Morgan fingerprint density at radius 3 is 2.57 bits per heavy atom. The van der Waals surface area contributed by atoms with Crippen LogP contribution >= 0.6 is 11.6 Å². The second-order valence-corrected chi connectivity index (χ2v) is 4.62. The molecule has 21 heavy (non-hydrogen) atoms. The lowest BCUT2D eigenvalue weighted by Crippen LogP contribution is -1.97. The molecule has 0 aliphatic carbocycles. The first kappa shape index (κ1) is 14.8. The van der Waals surface area contributed by atoms with Gasteiger partial charge < -0.3 is 9.84 Å². The minimum absolute atomic E-state index is 0.0307. The van der Waals surface area contributed by atoms with Crippen molar-refractivity contribution in [3.05, 3.63) is 62.7 Å². The molecular weight excluding hydrogens is 298 g/mol. The Balaban J connectivity index is 2.37. The van der Waals surface area contributed by atoms with Gasteiger partial charge in [0.15, 0.2) is 0 Å². The largest absolute Gasteiger partial charge is 0.478 e. The lowest BCUT2D eigenvalue weighted by Gasteiger charge is -2.10. The highest BCUT2D eigenvalue weighted by molar-refractivity contribution is 6.32. The summed E-state index contributed by atoms with van der Waals surface area (Å²) in [6.45, 7) is 1.56. The SMILES string of the molecule is Cc1c(Oc2ccc(C(=O)O)cc2Cl)cccc1[N+](=O)[O-]. The smallest absolute Gasteiger partial charge is 0.335 e. The molecule has 0 heterocycles. The topological polar surface area (TPSA) is 89.7 Å². The third-order valence-electron chi connectivity index (χ3n) is 2.85. The maximum atomic E-state index is 10.9. The lowest BCUT2D eigenvalue weighted by atomic mass is 10.2. The van der Waals surface area contributed by atoms with Crippen LogP contribution in [0.3, 0.4) is 0 Å². The molecule has 0 radical (unpaired) electrons. The molecule has 0 amide bonds. The van der Waals surface area contributed by atoms with Gasteiger partial charge in [0.25, 0.3) is 5.69 Å². The number of benzene rings is 2. The van der Waals surface area contributed by atoms with Crippen molar-refractivity contribution >= 4 is 23.3 Å². The van der Waals surface area contributed by atoms with E-state index in [2.05, 4.69) is 0 Å². The molecule has 0 saturated carbocycles. The van der Waals surface area contributed by atoms with Crippen molar-refractivity contribution in [3.8, 4) is 11.5 Å². The second kappa shape index (κ2) is 5.80. The van der Waals surface area contributed by atoms with Crippen molar-refractivity contribution in [2.24, 2.45) is 0 Å². The summed E-state index contributed by atoms with van der Waals surface area (Å²) in [5.74, 6) is -0.589. The van der Waals surface area contributed by atoms with Crippen LogP contribution < -0.4 is 4.74 Å². The molecule has 0 spiro atoms. The van der Waals surface area contributed by atoms with Gasteiger partial charge in [-0.05, 0) is 31.2 Å². The van der Waals surface area contributed by atoms with Crippen LogP contribution in [0.1, 0.15) is 15.9 Å². The Bertz CT molecular complexity index is 729. The van der Waals surface area contributed by atoms with Gasteiger partial charge in [-0.15, -0.1) is 0 Å². The van der Waals surface area contributed by atoms with Crippen LogP contribution in [0.15, 0.2) is 36.4 Å². The minimum atomic E-state index is -1.10. The van der Waals surface area contributed by atoms with E-state index in [9.17, 15) is 14.9 Å². The number of nitrogens with zero attached hydrogens (tertiary/aromatic N) is 1. The zero-order valence-corrected chi connectivity index (χ0v) is 11.6. The van der Waals surface area contributed by atoms with Gasteiger partial charge in [0.2, 0.25) is 0 Å². The lowest BCUT2D eigenvalue weighted by molar-refractivity contribution is -0.385. The maximum Gasteiger partial charge on any atom is 0.335 e. The van der Waals surface area contributed by atoms with Crippen molar-refractivity contribution < 1.29 is 19.6 Å². The van der Waals surface area contributed by atoms with Gasteiger partial charge in [-0.2, -0.15) is 0 Å². The van der Waals surface area contributed by atoms with Gasteiger partial charge in [0, 0.05) is 6.07 Å². The number of nitro benzene ring substituents is 1. The Hall–Kier alpha value is -2.60. The molecule has 2 aromatic rings. The molecule has 0 saturated heterocycles. The van der Waals surface area contributed by atoms with Gasteiger partial charge in [-0.3, -0.25) is 10.1 Å². The second-order valence-electron chi connectivity index (χ2n) is 4.21. The van der Waals surface area contributed by atoms with Crippen molar-refractivity contribution in [2.45, 2.75) is 6.92 Å². The number of aromatic carboxylic acids is 1. The fraction of sp³-hybridized carbons (Fsp3) is 0.0714. The zero-order valence-electron chi connectivity index (χ0n) is 10.9. The Morgan fingerprint density at radius 2 is 2.00 bits per heavy atom. The van der Waals surface area contributed by atoms with Gasteiger partial charge in [-0.25, -0.2) is 4.79 Å². The van der Waals surface area contributed by atoms with Crippen molar-refractivity contribution in [3.63, 3.8) is 0 Å². The van der Waals surface area contributed by atoms with Crippen LogP contribution in [0, 0.1) is 17.0 Å². The van der Waals surface area contributed by atoms with E-state index < -0.39 is 10.9 Å². The number of hydrogen-bond donors (Lipinski definition) is 1. The van der Waals surface area contributed by atoms with E-state index in [4.69, 9.17) is 21.4 Å². The Labute approximate surface area is 124 Å². The number of hydrogen-bond acceptors (Lipinski definition) is 4. The van der Waals surface area contributed by atoms with E-state index in [1.165, 1.54) is 30.3 Å². The molecule has 2 aromatic carbocycles. The highest BCUT2D eigenvalue weighted by Gasteiger charge is 2.16. The van der Waals surface area contributed by atoms with Crippen LogP contribution in [0.25, 0.3) is 0 Å². The Morgan fingerprint density at radius 1 is 1.29 bits per heavy atom. The molecule has 108 valence electrons. The third-order valence-corrected chi connectivity index (χ3v) is 3.15. The minimum Gasteiger partial charge on any atom is -0.478 e. The molecule has 0 bridgehead atoms. The number of rotatable bonds is 4. The molecular formula is C14H10ClNO5.